The highest BCUT2D eigenvalue weighted by Crippen LogP contribution is 2.64. The third-order valence-electron chi connectivity index (χ3n) is 5.75. The number of carbonyl (C=O) groups excluding carboxylic acids is 1. The molecule has 1 aromatic heterocycles. The van der Waals surface area contributed by atoms with E-state index in [9.17, 15) is 4.79 Å². The van der Waals surface area contributed by atoms with Crippen LogP contribution < -0.4 is 5.32 Å². The van der Waals surface area contributed by atoms with Gasteiger partial charge in [-0.1, -0.05) is 24.4 Å². The lowest BCUT2D eigenvalue weighted by Crippen LogP contribution is -2.37. The van der Waals surface area contributed by atoms with Crippen LogP contribution in [0.1, 0.15) is 69.0 Å². The summed E-state index contributed by atoms with van der Waals surface area (Å²) in [7, 11) is 0. The SMILES string of the molecule is O=C(Cc1noc(C2CC23CCOCC3)n1)NC1CCCCC1. The number of ether oxygens (including phenoxy) is 1. The normalized spacial score (nSPS) is 27.0. The third kappa shape index (κ3) is 3.27. The highest BCUT2D eigenvalue weighted by Gasteiger charge is 2.57. The van der Waals surface area contributed by atoms with Crippen LogP contribution in [-0.4, -0.2) is 35.3 Å². The molecule has 1 unspecified atom stereocenters. The second-order valence-corrected chi connectivity index (χ2v) is 7.36. The smallest absolute Gasteiger partial charge is 0.230 e. The molecule has 1 aromatic rings. The Morgan fingerprint density at radius 1 is 1.22 bits per heavy atom. The summed E-state index contributed by atoms with van der Waals surface area (Å²) in [5.74, 6) is 1.62. The minimum atomic E-state index is 0.0147. The average Bonchev–Trinajstić information content (AvgIpc) is 3.04. The van der Waals surface area contributed by atoms with Crippen molar-refractivity contribution in [3.05, 3.63) is 11.7 Å². The van der Waals surface area contributed by atoms with Gasteiger partial charge >= 0.3 is 0 Å². The first kappa shape index (κ1) is 15.1. The number of hydrogen-bond acceptors (Lipinski definition) is 5. The molecule has 3 aliphatic rings. The average molecular weight is 319 g/mol. The fraction of sp³-hybridized carbons (Fsp3) is 0.824. The summed E-state index contributed by atoms with van der Waals surface area (Å²) in [6.07, 6.45) is 9.40. The second kappa shape index (κ2) is 6.23. The molecule has 1 aliphatic heterocycles. The molecule has 0 radical (unpaired) electrons. The quantitative estimate of drug-likeness (QED) is 0.921. The third-order valence-corrected chi connectivity index (χ3v) is 5.75. The molecule has 4 rings (SSSR count). The van der Waals surface area contributed by atoms with Crippen LogP contribution in [-0.2, 0) is 16.0 Å². The van der Waals surface area contributed by atoms with E-state index in [1.807, 2.05) is 0 Å². The molecule has 2 aliphatic carbocycles. The Labute approximate surface area is 136 Å². The van der Waals surface area contributed by atoms with Crippen molar-refractivity contribution >= 4 is 5.91 Å². The lowest BCUT2D eigenvalue weighted by molar-refractivity contribution is -0.121. The van der Waals surface area contributed by atoms with Gasteiger partial charge in [-0.05, 0) is 37.5 Å². The molecule has 1 atom stereocenters. The summed E-state index contributed by atoms with van der Waals surface area (Å²) >= 11 is 0. The van der Waals surface area contributed by atoms with E-state index in [4.69, 9.17) is 9.26 Å². The molecule has 6 heteroatoms. The van der Waals surface area contributed by atoms with Gasteiger partial charge in [-0.25, -0.2) is 0 Å². The molecule has 1 amide bonds. The summed E-state index contributed by atoms with van der Waals surface area (Å²) in [4.78, 5) is 16.6. The van der Waals surface area contributed by atoms with Gasteiger partial charge in [-0.2, -0.15) is 4.98 Å². The standard InChI is InChI=1S/C17H25N3O3/c21-15(18-12-4-2-1-3-5-12)10-14-19-16(23-20-14)13-11-17(13)6-8-22-9-7-17/h12-13H,1-11H2,(H,18,21). The Kier molecular flexibility index (Phi) is 4.09. The molecule has 2 saturated carbocycles. The molecule has 6 nitrogen and oxygen atoms in total. The molecule has 23 heavy (non-hydrogen) atoms. The topological polar surface area (TPSA) is 77.2 Å². The van der Waals surface area contributed by atoms with E-state index in [1.54, 1.807) is 0 Å². The largest absolute Gasteiger partial charge is 0.381 e. The van der Waals surface area contributed by atoms with Crippen molar-refractivity contribution in [3.8, 4) is 0 Å². The fourth-order valence-corrected chi connectivity index (χ4v) is 4.18. The first-order valence-electron chi connectivity index (χ1n) is 8.95. The molecule has 0 aromatic carbocycles. The van der Waals surface area contributed by atoms with Gasteiger partial charge in [0.2, 0.25) is 11.8 Å². The molecule has 126 valence electrons. The van der Waals surface area contributed by atoms with Gasteiger partial charge in [0.15, 0.2) is 5.82 Å². The minimum Gasteiger partial charge on any atom is -0.381 e. The first-order valence-corrected chi connectivity index (χ1v) is 8.95. The Bertz CT molecular complexity index is 559. The van der Waals surface area contributed by atoms with E-state index in [2.05, 4.69) is 15.5 Å². The number of nitrogens with one attached hydrogen (secondary N) is 1. The molecule has 1 N–H and O–H groups in total. The lowest BCUT2D eigenvalue weighted by Gasteiger charge is -2.22. The van der Waals surface area contributed by atoms with Crippen molar-refractivity contribution in [1.82, 2.24) is 15.5 Å². The van der Waals surface area contributed by atoms with Crippen molar-refractivity contribution < 1.29 is 14.1 Å². The van der Waals surface area contributed by atoms with E-state index >= 15 is 0 Å². The van der Waals surface area contributed by atoms with Crippen molar-refractivity contribution in [2.45, 2.75) is 69.7 Å². The number of rotatable bonds is 4. The van der Waals surface area contributed by atoms with Crippen molar-refractivity contribution in [2.24, 2.45) is 5.41 Å². The monoisotopic (exact) mass is 319 g/mol. The summed E-state index contributed by atoms with van der Waals surface area (Å²) in [6, 6.07) is 0.330. The summed E-state index contributed by atoms with van der Waals surface area (Å²) < 4.78 is 10.9. The predicted octanol–water partition coefficient (Wildman–Crippen LogP) is 2.35. The molecule has 1 saturated heterocycles. The van der Waals surface area contributed by atoms with Crippen LogP contribution in [0.3, 0.4) is 0 Å². The number of amides is 1. The number of aromatic nitrogens is 2. The number of hydrogen-bond donors (Lipinski definition) is 1. The fourth-order valence-electron chi connectivity index (χ4n) is 4.18. The van der Waals surface area contributed by atoms with Crippen LogP contribution in [0.25, 0.3) is 0 Å². The molecule has 1 spiro atoms. The van der Waals surface area contributed by atoms with Crippen LogP contribution >= 0.6 is 0 Å². The molecular weight excluding hydrogens is 294 g/mol. The lowest BCUT2D eigenvalue weighted by atomic mass is 9.94. The van der Waals surface area contributed by atoms with Crippen LogP contribution in [0, 0.1) is 5.41 Å². The Hall–Kier alpha value is -1.43. The van der Waals surface area contributed by atoms with Gasteiger partial charge in [-0.3, -0.25) is 4.79 Å². The summed E-state index contributed by atoms with van der Waals surface area (Å²) in [5.41, 5.74) is 0.326. The zero-order valence-electron chi connectivity index (χ0n) is 13.6. The van der Waals surface area contributed by atoms with Crippen molar-refractivity contribution in [3.63, 3.8) is 0 Å². The van der Waals surface area contributed by atoms with Crippen LogP contribution in [0.5, 0.6) is 0 Å². The number of nitrogens with zero attached hydrogens (tertiary/aromatic N) is 2. The molecule has 0 bridgehead atoms. The Morgan fingerprint density at radius 3 is 2.78 bits per heavy atom. The zero-order valence-corrected chi connectivity index (χ0v) is 13.6. The predicted molar refractivity (Wildman–Crippen MR) is 82.9 cm³/mol. The summed E-state index contributed by atoms with van der Waals surface area (Å²) in [6.45, 7) is 1.67. The van der Waals surface area contributed by atoms with Gasteiger partial charge in [0.25, 0.3) is 0 Å². The Balaban J connectivity index is 1.31. The molecular formula is C17H25N3O3. The van der Waals surface area contributed by atoms with Crippen LogP contribution in [0.2, 0.25) is 0 Å². The zero-order chi connectivity index (χ0) is 15.7. The molecule has 2 heterocycles. The van der Waals surface area contributed by atoms with Gasteiger partial charge in [0.05, 0.1) is 6.42 Å². The van der Waals surface area contributed by atoms with Crippen LogP contribution in [0.4, 0.5) is 0 Å². The highest BCUT2D eigenvalue weighted by molar-refractivity contribution is 5.78. The van der Waals surface area contributed by atoms with E-state index < -0.39 is 0 Å². The highest BCUT2D eigenvalue weighted by atomic mass is 16.5. The maximum Gasteiger partial charge on any atom is 0.230 e. The van der Waals surface area contributed by atoms with E-state index in [0.29, 0.717) is 29.1 Å². The number of carbonyl (C=O) groups is 1. The maximum atomic E-state index is 12.1. The first-order chi connectivity index (χ1) is 11.3. The van der Waals surface area contributed by atoms with Gasteiger partial charge in [0.1, 0.15) is 0 Å². The van der Waals surface area contributed by atoms with Crippen molar-refractivity contribution in [1.29, 1.82) is 0 Å². The van der Waals surface area contributed by atoms with E-state index in [1.165, 1.54) is 19.3 Å². The van der Waals surface area contributed by atoms with Crippen molar-refractivity contribution in [2.75, 3.05) is 13.2 Å². The minimum absolute atomic E-state index is 0.0147. The van der Waals surface area contributed by atoms with E-state index in [0.717, 1.165) is 45.3 Å². The Morgan fingerprint density at radius 2 is 2.00 bits per heavy atom. The molecule has 3 fully saturated rings. The maximum absolute atomic E-state index is 12.1. The van der Waals surface area contributed by atoms with E-state index in [-0.39, 0.29) is 12.3 Å². The van der Waals surface area contributed by atoms with Crippen LogP contribution in [0.15, 0.2) is 4.52 Å². The second-order valence-electron chi connectivity index (χ2n) is 7.36. The summed E-state index contributed by atoms with van der Waals surface area (Å²) in [5, 5.41) is 7.11. The van der Waals surface area contributed by atoms with Gasteiger partial charge in [0, 0.05) is 25.2 Å². The van der Waals surface area contributed by atoms with Gasteiger partial charge < -0.3 is 14.6 Å². The van der Waals surface area contributed by atoms with Gasteiger partial charge in [-0.15, -0.1) is 0 Å².